The summed E-state index contributed by atoms with van der Waals surface area (Å²) >= 11 is 0. The van der Waals surface area contributed by atoms with E-state index in [1.54, 1.807) is 6.07 Å². The maximum absolute atomic E-state index is 11.2. The summed E-state index contributed by atoms with van der Waals surface area (Å²) in [5.74, 6) is 0. The monoisotopic (exact) mass is 271 g/mol. The number of unbranched alkanes of at least 4 members (excludes halogenated alkanes) is 1. The summed E-state index contributed by atoms with van der Waals surface area (Å²) in [6.45, 7) is 5.91. The van der Waals surface area contributed by atoms with Gasteiger partial charge in [0.2, 0.25) is 10.0 Å². The Morgan fingerprint density at radius 2 is 1.94 bits per heavy atom. The van der Waals surface area contributed by atoms with E-state index < -0.39 is 10.0 Å². The summed E-state index contributed by atoms with van der Waals surface area (Å²) in [4.78, 5) is 2.18. The normalized spacial score (nSPS) is 11.5. The van der Waals surface area contributed by atoms with Gasteiger partial charge < -0.3 is 10.6 Å². The smallest absolute Gasteiger partial charge is 0.238 e. The molecular formula is C12H21N3O2S. The third-order valence-electron chi connectivity index (χ3n) is 2.83. The lowest BCUT2D eigenvalue weighted by Crippen LogP contribution is -2.25. The molecule has 1 rings (SSSR count). The highest BCUT2D eigenvalue weighted by molar-refractivity contribution is 7.89. The fourth-order valence-electron chi connectivity index (χ4n) is 1.80. The van der Waals surface area contributed by atoms with Crippen LogP contribution in [0.5, 0.6) is 0 Å². The van der Waals surface area contributed by atoms with Gasteiger partial charge in [0.05, 0.1) is 16.3 Å². The van der Waals surface area contributed by atoms with E-state index in [9.17, 15) is 8.42 Å². The van der Waals surface area contributed by atoms with Gasteiger partial charge in [0.1, 0.15) is 0 Å². The van der Waals surface area contributed by atoms with Gasteiger partial charge in [0.25, 0.3) is 0 Å². The standard InChI is InChI=1S/C12H21N3O2S/c1-3-5-8-15(4-2)12-7-6-10(9-11(12)13)18(14,16)17/h6-7,9H,3-5,8,13H2,1-2H3,(H2,14,16,17). The quantitative estimate of drug-likeness (QED) is 0.768. The Balaban J connectivity index is 3.04. The summed E-state index contributed by atoms with van der Waals surface area (Å²) in [7, 11) is -3.69. The van der Waals surface area contributed by atoms with Crippen molar-refractivity contribution in [2.45, 2.75) is 31.6 Å². The van der Waals surface area contributed by atoms with E-state index in [1.807, 2.05) is 6.92 Å². The van der Waals surface area contributed by atoms with Crippen LogP contribution in [0.4, 0.5) is 11.4 Å². The number of sulfonamides is 1. The van der Waals surface area contributed by atoms with Crippen LogP contribution in [0.1, 0.15) is 26.7 Å². The summed E-state index contributed by atoms with van der Waals surface area (Å²) in [5, 5.41) is 5.07. The molecule has 5 nitrogen and oxygen atoms in total. The van der Waals surface area contributed by atoms with Crippen LogP contribution in [-0.2, 0) is 10.0 Å². The van der Waals surface area contributed by atoms with E-state index in [4.69, 9.17) is 10.9 Å². The molecule has 0 aliphatic heterocycles. The van der Waals surface area contributed by atoms with Crippen LogP contribution in [0.25, 0.3) is 0 Å². The number of hydrogen-bond donors (Lipinski definition) is 2. The number of nitrogens with zero attached hydrogens (tertiary/aromatic N) is 1. The van der Waals surface area contributed by atoms with Gasteiger partial charge in [0.15, 0.2) is 0 Å². The first-order valence-electron chi connectivity index (χ1n) is 6.07. The molecule has 102 valence electrons. The zero-order valence-electron chi connectivity index (χ0n) is 10.9. The molecule has 6 heteroatoms. The molecule has 1 aromatic carbocycles. The highest BCUT2D eigenvalue weighted by atomic mass is 32.2. The van der Waals surface area contributed by atoms with Gasteiger partial charge in [-0.3, -0.25) is 0 Å². The lowest BCUT2D eigenvalue weighted by Gasteiger charge is -2.24. The number of nitrogens with two attached hydrogens (primary N) is 2. The molecule has 1 aromatic rings. The number of nitrogen functional groups attached to an aromatic ring is 1. The van der Waals surface area contributed by atoms with E-state index in [1.165, 1.54) is 12.1 Å². The van der Waals surface area contributed by atoms with E-state index in [2.05, 4.69) is 11.8 Å². The molecule has 0 amide bonds. The maximum Gasteiger partial charge on any atom is 0.238 e. The Morgan fingerprint density at radius 1 is 1.28 bits per heavy atom. The van der Waals surface area contributed by atoms with E-state index in [0.29, 0.717) is 5.69 Å². The Hall–Kier alpha value is -1.27. The maximum atomic E-state index is 11.2. The Morgan fingerprint density at radius 3 is 2.39 bits per heavy atom. The van der Waals surface area contributed by atoms with Gasteiger partial charge in [0, 0.05) is 13.1 Å². The molecular weight excluding hydrogens is 250 g/mol. The number of hydrogen-bond acceptors (Lipinski definition) is 4. The summed E-state index contributed by atoms with van der Waals surface area (Å²) in [6.07, 6.45) is 2.18. The average molecular weight is 271 g/mol. The van der Waals surface area contributed by atoms with Crippen LogP contribution < -0.4 is 15.8 Å². The molecule has 0 fully saturated rings. The lowest BCUT2D eigenvalue weighted by molar-refractivity contribution is 0.598. The topological polar surface area (TPSA) is 89.4 Å². The third kappa shape index (κ3) is 3.61. The summed E-state index contributed by atoms with van der Waals surface area (Å²) in [5.41, 5.74) is 7.21. The molecule has 0 saturated heterocycles. The van der Waals surface area contributed by atoms with Crippen LogP contribution in [0.15, 0.2) is 23.1 Å². The number of anilines is 2. The minimum Gasteiger partial charge on any atom is -0.397 e. The molecule has 0 aromatic heterocycles. The van der Waals surface area contributed by atoms with Gasteiger partial charge in [-0.25, -0.2) is 13.6 Å². The zero-order chi connectivity index (χ0) is 13.8. The van der Waals surface area contributed by atoms with Crippen LogP contribution >= 0.6 is 0 Å². The molecule has 0 bridgehead atoms. The molecule has 0 saturated carbocycles. The fraction of sp³-hybridized carbons (Fsp3) is 0.500. The van der Waals surface area contributed by atoms with Crippen molar-refractivity contribution in [3.63, 3.8) is 0 Å². The van der Waals surface area contributed by atoms with Crippen molar-refractivity contribution < 1.29 is 8.42 Å². The Bertz CT molecular complexity index is 500. The van der Waals surface area contributed by atoms with Gasteiger partial charge in [-0.1, -0.05) is 13.3 Å². The number of rotatable bonds is 6. The molecule has 0 atom stereocenters. The van der Waals surface area contributed by atoms with Gasteiger partial charge in [-0.15, -0.1) is 0 Å². The first kappa shape index (κ1) is 14.8. The highest BCUT2D eigenvalue weighted by Crippen LogP contribution is 2.26. The van der Waals surface area contributed by atoms with Crippen molar-refractivity contribution >= 4 is 21.4 Å². The van der Waals surface area contributed by atoms with E-state index in [0.717, 1.165) is 31.6 Å². The molecule has 0 spiro atoms. The molecule has 0 radical (unpaired) electrons. The average Bonchev–Trinajstić information content (AvgIpc) is 2.30. The van der Waals surface area contributed by atoms with Crippen LogP contribution in [0.3, 0.4) is 0 Å². The van der Waals surface area contributed by atoms with Gasteiger partial charge >= 0.3 is 0 Å². The van der Waals surface area contributed by atoms with Crippen molar-refractivity contribution in [2.24, 2.45) is 5.14 Å². The van der Waals surface area contributed by atoms with Crippen molar-refractivity contribution in [3.05, 3.63) is 18.2 Å². The largest absolute Gasteiger partial charge is 0.397 e. The summed E-state index contributed by atoms with van der Waals surface area (Å²) in [6, 6.07) is 4.63. The summed E-state index contributed by atoms with van der Waals surface area (Å²) < 4.78 is 22.4. The SMILES string of the molecule is CCCCN(CC)c1ccc(S(N)(=O)=O)cc1N. The van der Waals surface area contributed by atoms with Gasteiger partial charge in [-0.2, -0.15) is 0 Å². The van der Waals surface area contributed by atoms with Crippen molar-refractivity contribution in [1.29, 1.82) is 0 Å². The molecule has 0 aliphatic rings. The van der Waals surface area contributed by atoms with Crippen LogP contribution in [0.2, 0.25) is 0 Å². The van der Waals surface area contributed by atoms with E-state index >= 15 is 0 Å². The Labute approximate surface area is 109 Å². The first-order chi connectivity index (χ1) is 8.40. The third-order valence-corrected chi connectivity index (χ3v) is 3.74. The second kappa shape index (κ2) is 6.06. The molecule has 18 heavy (non-hydrogen) atoms. The first-order valence-corrected chi connectivity index (χ1v) is 7.62. The van der Waals surface area contributed by atoms with Crippen molar-refractivity contribution in [3.8, 4) is 0 Å². The molecule has 4 N–H and O–H groups in total. The van der Waals surface area contributed by atoms with Crippen LogP contribution in [0, 0.1) is 0 Å². The predicted octanol–water partition coefficient (Wildman–Crippen LogP) is 1.54. The predicted molar refractivity (Wildman–Crippen MR) is 75.0 cm³/mol. The lowest BCUT2D eigenvalue weighted by atomic mass is 10.2. The highest BCUT2D eigenvalue weighted by Gasteiger charge is 2.13. The molecule has 0 unspecified atom stereocenters. The zero-order valence-corrected chi connectivity index (χ0v) is 11.7. The second-order valence-electron chi connectivity index (χ2n) is 4.20. The molecule has 0 aliphatic carbocycles. The van der Waals surface area contributed by atoms with Crippen LogP contribution in [-0.4, -0.2) is 21.5 Å². The number of benzene rings is 1. The second-order valence-corrected chi connectivity index (χ2v) is 5.76. The van der Waals surface area contributed by atoms with Crippen molar-refractivity contribution in [2.75, 3.05) is 23.7 Å². The minimum absolute atomic E-state index is 0.0512. The number of primary sulfonamides is 1. The Kier molecular flexibility index (Phi) is 4.98. The molecule has 0 heterocycles. The van der Waals surface area contributed by atoms with E-state index in [-0.39, 0.29) is 4.90 Å². The minimum atomic E-state index is -3.69. The fourth-order valence-corrected chi connectivity index (χ4v) is 2.34. The van der Waals surface area contributed by atoms with Gasteiger partial charge in [-0.05, 0) is 31.5 Å². The van der Waals surface area contributed by atoms with Crippen molar-refractivity contribution in [1.82, 2.24) is 0 Å².